The zero-order valence-corrected chi connectivity index (χ0v) is 20.1. The third-order valence-corrected chi connectivity index (χ3v) is 8.65. The van der Waals surface area contributed by atoms with E-state index in [2.05, 4.69) is 0 Å². The van der Waals surface area contributed by atoms with Crippen LogP contribution in [0.25, 0.3) is 20.5 Å². The quantitative estimate of drug-likeness (QED) is 0.387. The predicted molar refractivity (Wildman–Crippen MR) is 133 cm³/mol. The minimum absolute atomic E-state index is 0.0517. The number of aliphatic hydroxyl groups excluding tert-OH is 1. The van der Waals surface area contributed by atoms with Crippen LogP contribution in [0.3, 0.4) is 0 Å². The number of thiophene rings is 1. The Labute approximate surface area is 210 Å². The molecule has 0 bridgehead atoms. The van der Waals surface area contributed by atoms with Gasteiger partial charge in [0.15, 0.2) is 23.3 Å². The minimum Gasteiger partial charge on any atom is -0.507 e. The Morgan fingerprint density at radius 1 is 1.08 bits per heavy atom. The highest BCUT2D eigenvalue weighted by atomic mass is 32.1. The van der Waals surface area contributed by atoms with Crippen molar-refractivity contribution in [2.45, 2.75) is 31.3 Å². The van der Waals surface area contributed by atoms with Gasteiger partial charge in [-0.15, -0.1) is 11.3 Å². The van der Waals surface area contributed by atoms with Crippen LogP contribution in [0, 0.1) is 17.8 Å². The van der Waals surface area contributed by atoms with Crippen molar-refractivity contribution in [3.63, 3.8) is 0 Å². The number of Topliss-reactive ketones (excluding diaryl/α,β-unsaturated/α-hetero) is 3. The fourth-order valence-electron chi connectivity index (χ4n) is 5.70. The molecule has 2 aliphatic rings. The van der Waals surface area contributed by atoms with Crippen LogP contribution in [0.15, 0.2) is 42.5 Å². The minimum atomic E-state index is -2.30. The molecule has 0 saturated heterocycles. The molecule has 4 atom stereocenters. The first-order valence-corrected chi connectivity index (χ1v) is 12.5. The predicted octanol–water partition coefficient (Wildman–Crippen LogP) is 2.39. The lowest BCUT2D eigenvalue weighted by atomic mass is 9.64. The lowest BCUT2D eigenvalue weighted by Crippen LogP contribution is -2.60. The van der Waals surface area contributed by atoms with E-state index in [0.29, 0.717) is 12.0 Å². The molecule has 8 nitrogen and oxygen atoms in total. The van der Waals surface area contributed by atoms with Crippen molar-refractivity contribution in [3.8, 4) is 16.2 Å². The largest absolute Gasteiger partial charge is 0.507 e. The molecular weight excluding hydrogens is 482 g/mol. The van der Waals surface area contributed by atoms with E-state index in [1.165, 1.54) is 6.07 Å². The molecule has 1 saturated carbocycles. The van der Waals surface area contributed by atoms with Crippen molar-refractivity contribution in [2.24, 2.45) is 23.5 Å². The molecule has 0 radical (unpaired) electrons. The highest BCUT2D eigenvalue weighted by molar-refractivity contribution is 7.22. The molecule has 9 heteroatoms. The van der Waals surface area contributed by atoms with Crippen molar-refractivity contribution >= 4 is 44.7 Å². The van der Waals surface area contributed by atoms with E-state index in [9.17, 15) is 34.5 Å². The Morgan fingerprint density at radius 3 is 2.53 bits per heavy atom. The van der Waals surface area contributed by atoms with Gasteiger partial charge in [-0.1, -0.05) is 18.2 Å². The molecule has 2 aliphatic carbocycles. The number of phenols is 1. The van der Waals surface area contributed by atoms with E-state index in [4.69, 9.17) is 5.73 Å². The molecule has 2 aromatic carbocycles. The molecule has 1 amide bonds. The van der Waals surface area contributed by atoms with E-state index >= 15 is 0 Å². The Hall–Kier alpha value is -3.40. The number of fused-ring (bicyclic) bond motifs is 2. The van der Waals surface area contributed by atoms with E-state index < -0.39 is 41.5 Å². The number of benzene rings is 2. The number of phenolic OH excluding ortho intramolecular Hbond substituents is 1. The van der Waals surface area contributed by atoms with Crippen molar-refractivity contribution in [1.82, 2.24) is 0 Å². The van der Waals surface area contributed by atoms with Gasteiger partial charge in [0.25, 0.3) is 0 Å². The summed E-state index contributed by atoms with van der Waals surface area (Å²) < 4.78 is 1.09. The average molecular weight is 508 g/mol. The number of aliphatic hydroxyl groups is 2. The summed E-state index contributed by atoms with van der Waals surface area (Å²) in [5, 5.41) is 32.5. The standard InChI is InChI=1S/C27H25NO7S/c28-26(34)24-20(32)11-15(27(35,12-29)25(24)33)7-13-8-17-16(5-6-18(30)23(17)19(31)9-13)22-10-14-3-1-2-4-21(14)36-22/h1-6,10,13,15,24,29-30,35H,7-9,11-12H2,(H2,28,34)/t13-,15+,24?,27-/m1/s1. The summed E-state index contributed by atoms with van der Waals surface area (Å²) in [4.78, 5) is 51.0. The fourth-order valence-corrected chi connectivity index (χ4v) is 6.81. The van der Waals surface area contributed by atoms with Crippen molar-refractivity contribution in [3.05, 3.63) is 53.6 Å². The van der Waals surface area contributed by atoms with E-state index in [0.717, 1.165) is 20.5 Å². The molecule has 186 valence electrons. The number of aromatic hydroxyl groups is 1. The summed E-state index contributed by atoms with van der Waals surface area (Å²) in [7, 11) is 0. The van der Waals surface area contributed by atoms with Crippen LogP contribution < -0.4 is 5.73 Å². The fraction of sp³-hybridized carbons (Fsp3) is 0.333. The normalized spacial score (nSPS) is 26.3. The van der Waals surface area contributed by atoms with Crippen LogP contribution in [-0.2, 0) is 20.8 Å². The number of rotatable bonds is 5. The Bertz CT molecular complexity index is 1390. The smallest absolute Gasteiger partial charge is 0.235 e. The highest BCUT2D eigenvalue weighted by Gasteiger charge is 2.55. The van der Waals surface area contributed by atoms with Gasteiger partial charge in [-0.05, 0) is 59.5 Å². The van der Waals surface area contributed by atoms with Crippen LogP contribution in [0.4, 0.5) is 0 Å². The van der Waals surface area contributed by atoms with Gasteiger partial charge < -0.3 is 21.1 Å². The van der Waals surface area contributed by atoms with Gasteiger partial charge in [0.2, 0.25) is 5.91 Å². The van der Waals surface area contributed by atoms with Gasteiger partial charge in [0.1, 0.15) is 11.4 Å². The van der Waals surface area contributed by atoms with Crippen LogP contribution >= 0.6 is 11.3 Å². The third-order valence-electron chi connectivity index (χ3n) is 7.50. The van der Waals surface area contributed by atoms with Crippen LogP contribution in [0.1, 0.15) is 35.2 Å². The monoisotopic (exact) mass is 507 g/mol. The maximum atomic E-state index is 13.2. The van der Waals surface area contributed by atoms with E-state index in [-0.39, 0.29) is 42.3 Å². The summed E-state index contributed by atoms with van der Waals surface area (Å²) in [5.74, 6) is -6.41. The second-order valence-corrected chi connectivity index (χ2v) is 10.8. The number of nitrogens with two attached hydrogens (primary N) is 1. The van der Waals surface area contributed by atoms with Gasteiger partial charge in [-0.3, -0.25) is 19.2 Å². The second kappa shape index (κ2) is 8.92. The average Bonchev–Trinajstić information content (AvgIpc) is 3.26. The van der Waals surface area contributed by atoms with Crippen molar-refractivity contribution in [1.29, 1.82) is 0 Å². The molecule has 5 rings (SSSR count). The summed E-state index contributed by atoms with van der Waals surface area (Å²) >= 11 is 1.57. The van der Waals surface area contributed by atoms with Gasteiger partial charge in [-0.25, -0.2) is 0 Å². The van der Waals surface area contributed by atoms with E-state index in [1.807, 2.05) is 30.3 Å². The molecule has 0 spiro atoms. The topological polar surface area (TPSA) is 155 Å². The first-order valence-electron chi connectivity index (χ1n) is 11.7. The molecule has 5 N–H and O–H groups in total. The number of amides is 1. The lowest BCUT2D eigenvalue weighted by Gasteiger charge is -2.41. The van der Waals surface area contributed by atoms with Gasteiger partial charge in [0.05, 0.1) is 12.2 Å². The van der Waals surface area contributed by atoms with Crippen molar-refractivity contribution in [2.75, 3.05) is 6.61 Å². The summed E-state index contributed by atoms with van der Waals surface area (Å²) in [6.45, 7) is -0.960. The van der Waals surface area contributed by atoms with Crippen LogP contribution in [-0.4, -0.2) is 50.8 Å². The molecule has 36 heavy (non-hydrogen) atoms. The van der Waals surface area contributed by atoms with Crippen molar-refractivity contribution < 1.29 is 34.5 Å². The highest BCUT2D eigenvalue weighted by Crippen LogP contribution is 2.45. The van der Waals surface area contributed by atoms with Gasteiger partial charge in [-0.2, -0.15) is 0 Å². The molecule has 3 aromatic rings. The number of carbonyl (C=O) groups is 4. The molecule has 1 fully saturated rings. The lowest BCUT2D eigenvalue weighted by molar-refractivity contribution is -0.167. The number of primary amides is 1. The van der Waals surface area contributed by atoms with E-state index in [1.54, 1.807) is 17.4 Å². The molecule has 0 aliphatic heterocycles. The molecule has 1 heterocycles. The van der Waals surface area contributed by atoms with Crippen LogP contribution in [0.2, 0.25) is 0 Å². The number of hydrogen-bond donors (Lipinski definition) is 4. The molecule has 1 unspecified atom stereocenters. The zero-order valence-electron chi connectivity index (χ0n) is 19.3. The maximum Gasteiger partial charge on any atom is 0.235 e. The number of carbonyl (C=O) groups excluding carboxylic acids is 4. The molecular formula is C27H25NO7S. The summed E-state index contributed by atoms with van der Waals surface area (Å²) in [6, 6.07) is 13.2. The zero-order chi connectivity index (χ0) is 25.8. The summed E-state index contributed by atoms with van der Waals surface area (Å²) in [5.41, 5.74) is 4.67. The SMILES string of the molecule is NC(=O)C1C(=O)C[C@H](C[C@H]2CC(=O)c3c(O)ccc(-c4cc5ccccc5s4)c3C2)[C@](O)(CO)C1=O. The Balaban J connectivity index is 1.49. The van der Waals surface area contributed by atoms with Gasteiger partial charge >= 0.3 is 0 Å². The first-order chi connectivity index (χ1) is 17.1. The van der Waals surface area contributed by atoms with Gasteiger partial charge in [0, 0.05) is 28.3 Å². The maximum absolute atomic E-state index is 13.2. The number of hydrogen-bond acceptors (Lipinski definition) is 8. The molecule has 1 aromatic heterocycles. The summed E-state index contributed by atoms with van der Waals surface area (Å²) in [6.07, 6.45) is 0.221. The second-order valence-electron chi connectivity index (χ2n) is 9.72. The van der Waals surface area contributed by atoms with Crippen LogP contribution in [0.5, 0.6) is 5.75 Å². The Morgan fingerprint density at radius 2 is 1.83 bits per heavy atom. The number of ketones is 3. The Kier molecular flexibility index (Phi) is 6.02. The first kappa shape index (κ1) is 24.3. The third kappa shape index (κ3) is 3.84.